The van der Waals surface area contributed by atoms with Gasteiger partial charge in [0.2, 0.25) is 0 Å². The Balaban J connectivity index is 1.80. The summed E-state index contributed by atoms with van der Waals surface area (Å²) in [5, 5.41) is 10.1. The van der Waals surface area contributed by atoms with Crippen molar-refractivity contribution in [1.82, 2.24) is 4.90 Å². The lowest BCUT2D eigenvalue weighted by molar-refractivity contribution is -0.122. The van der Waals surface area contributed by atoms with Crippen molar-refractivity contribution in [1.29, 1.82) is 0 Å². The monoisotopic (exact) mass is 417 g/mol. The number of aliphatic imine (C=N–C) groups is 2. The normalized spacial score (nSPS) is 17.2. The SMILES string of the molecule is C/C=C\N=CC(=NC)C(=O)N1CC[C@H](c2ccc(-c3ccccc3CC)cc2CO)C1. The number of carbonyl (C=O) groups is 1. The van der Waals surface area contributed by atoms with Crippen LogP contribution in [0.15, 0.2) is 64.7 Å². The molecule has 0 bridgehead atoms. The van der Waals surface area contributed by atoms with Gasteiger partial charge in [-0.15, -0.1) is 0 Å². The first-order valence-electron chi connectivity index (χ1n) is 10.8. The molecule has 5 nitrogen and oxygen atoms in total. The van der Waals surface area contributed by atoms with E-state index in [0.29, 0.717) is 18.8 Å². The average Bonchev–Trinajstić information content (AvgIpc) is 3.31. The second kappa shape index (κ2) is 10.8. The highest BCUT2D eigenvalue weighted by molar-refractivity contribution is 6.60. The Kier molecular flexibility index (Phi) is 7.90. The molecule has 1 aliphatic heterocycles. The van der Waals surface area contributed by atoms with Crippen LogP contribution in [0.3, 0.4) is 0 Å². The molecule has 5 heteroatoms. The summed E-state index contributed by atoms with van der Waals surface area (Å²) in [6, 6.07) is 14.7. The summed E-state index contributed by atoms with van der Waals surface area (Å²) in [6.07, 6.45) is 6.78. The Morgan fingerprint density at radius 1 is 1.23 bits per heavy atom. The fraction of sp³-hybridized carbons (Fsp3) is 0.346. The summed E-state index contributed by atoms with van der Waals surface area (Å²) in [5.74, 6) is 0.101. The van der Waals surface area contributed by atoms with Crippen molar-refractivity contribution in [3.05, 3.63) is 71.4 Å². The number of likely N-dealkylation sites (tertiary alicyclic amines) is 1. The highest BCUT2D eigenvalue weighted by Crippen LogP contribution is 2.33. The minimum Gasteiger partial charge on any atom is -0.392 e. The molecule has 1 fully saturated rings. The molecule has 31 heavy (non-hydrogen) atoms. The number of aliphatic hydroxyl groups excluding tert-OH is 1. The van der Waals surface area contributed by atoms with Crippen LogP contribution in [0.5, 0.6) is 0 Å². The van der Waals surface area contributed by atoms with E-state index in [9.17, 15) is 9.90 Å². The first kappa shape index (κ1) is 22.6. The number of carbonyl (C=O) groups excluding carboxylic acids is 1. The van der Waals surface area contributed by atoms with E-state index in [1.54, 1.807) is 19.3 Å². The predicted octanol–water partition coefficient (Wildman–Crippen LogP) is 4.40. The molecule has 0 aliphatic carbocycles. The van der Waals surface area contributed by atoms with Gasteiger partial charge in [-0.1, -0.05) is 49.4 Å². The van der Waals surface area contributed by atoms with E-state index in [-0.39, 0.29) is 18.4 Å². The van der Waals surface area contributed by atoms with Gasteiger partial charge in [-0.3, -0.25) is 14.8 Å². The number of allylic oxidation sites excluding steroid dienone is 1. The van der Waals surface area contributed by atoms with Crippen molar-refractivity contribution in [2.24, 2.45) is 9.98 Å². The van der Waals surface area contributed by atoms with E-state index < -0.39 is 0 Å². The van der Waals surface area contributed by atoms with Gasteiger partial charge in [-0.25, -0.2) is 0 Å². The summed E-state index contributed by atoms with van der Waals surface area (Å²) in [4.78, 5) is 22.9. The lowest BCUT2D eigenvalue weighted by Gasteiger charge is -2.19. The quantitative estimate of drug-likeness (QED) is 0.679. The van der Waals surface area contributed by atoms with Crippen molar-refractivity contribution in [2.45, 2.75) is 39.2 Å². The second-order valence-electron chi connectivity index (χ2n) is 7.69. The molecule has 0 unspecified atom stereocenters. The number of hydrogen-bond donors (Lipinski definition) is 1. The number of hydrogen-bond acceptors (Lipinski definition) is 4. The molecular formula is C26H31N3O2. The van der Waals surface area contributed by atoms with Crippen LogP contribution >= 0.6 is 0 Å². The molecule has 0 saturated carbocycles. The fourth-order valence-electron chi connectivity index (χ4n) is 4.19. The molecule has 1 heterocycles. The van der Waals surface area contributed by atoms with Gasteiger partial charge >= 0.3 is 0 Å². The number of amides is 1. The van der Waals surface area contributed by atoms with Gasteiger partial charge in [0.1, 0.15) is 5.71 Å². The Bertz CT molecular complexity index is 1010. The Morgan fingerprint density at radius 3 is 2.74 bits per heavy atom. The zero-order valence-electron chi connectivity index (χ0n) is 18.6. The summed E-state index contributed by atoms with van der Waals surface area (Å²) in [7, 11) is 1.61. The van der Waals surface area contributed by atoms with Crippen LogP contribution in [0.2, 0.25) is 0 Å². The summed E-state index contributed by atoms with van der Waals surface area (Å²) in [5.41, 5.74) is 6.03. The molecule has 0 aromatic heterocycles. The molecule has 1 aliphatic rings. The predicted molar refractivity (Wildman–Crippen MR) is 128 cm³/mol. The number of aryl methyl sites for hydroxylation is 1. The summed E-state index contributed by atoms with van der Waals surface area (Å²) < 4.78 is 0. The minimum absolute atomic E-state index is 0.0143. The lowest BCUT2D eigenvalue weighted by Crippen LogP contribution is -2.35. The third kappa shape index (κ3) is 5.17. The van der Waals surface area contributed by atoms with Crippen LogP contribution in [0, 0.1) is 0 Å². The zero-order chi connectivity index (χ0) is 22.2. The largest absolute Gasteiger partial charge is 0.392 e. The maximum Gasteiger partial charge on any atom is 0.273 e. The van der Waals surface area contributed by atoms with E-state index in [1.807, 2.05) is 17.9 Å². The van der Waals surface area contributed by atoms with E-state index >= 15 is 0 Å². The van der Waals surface area contributed by atoms with Crippen LogP contribution in [0.25, 0.3) is 11.1 Å². The van der Waals surface area contributed by atoms with Gasteiger partial charge in [0.15, 0.2) is 0 Å². The Hall–Kier alpha value is -3.05. The maximum atomic E-state index is 12.8. The molecule has 2 aromatic rings. The molecule has 1 atom stereocenters. The standard InChI is InChI=1S/C26H31N3O2/c1-4-13-28-16-25(27-3)26(31)29-14-12-21(17-29)24-11-10-20(15-22(24)18-30)23-9-7-6-8-19(23)5-2/h4,6-11,13,15-16,21,30H,5,12,14,17-18H2,1-3H3/b13-4-,27-25?,28-16?/t21-/m0/s1. The lowest BCUT2D eigenvalue weighted by atomic mass is 9.89. The molecule has 1 N–H and O–H groups in total. The van der Waals surface area contributed by atoms with Crippen molar-refractivity contribution >= 4 is 17.8 Å². The minimum atomic E-state index is -0.0997. The Labute approximate surface area is 184 Å². The molecule has 0 spiro atoms. The van der Waals surface area contributed by atoms with Crippen LogP contribution in [-0.4, -0.2) is 48.0 Å². The summed E-state index contributed by atoms with van der Waals surface area (Å²) >= 11 is 0. The Morgan fingerprint density at radius 2 is 2.03 bits per heavy atom. The first-order chi connectivity index (χ1) is 15.1. The summed E-state index contributed by atoms with van der Waals surface area (Å²) in [6.45, 7) is 5.30. The third-order valence-electron chi connectivity index (χ3n) is 5.83. The topological polar surface area (TPSA) is 65.3 Å². The van der Waals surface area contributed by atoms with Gasteiger partial charge in [-0.2, -0.15) is 0 Å². The molecule has 1 amide bonds. The van der Waals surface area contributed by atoms with Gasteiger partial charge < -0.3 is 10.0 Å². The van der Waals surface area contributed by atoms with Crippen molar-refractivity contribution in [2.75, 3.05) is 20.1 Å². The fourth-order valence-corrected chi connectivity index (χ4v) is 4.19. The van der Waals surface area contributed by atoms with Crippen LogP contribution in [0.1, 0.15) is 42.9 Å². The first-order valence-corrected chi connectivity index (χ1v) is 10.8. The van der Waals surface area contributed by atoms with Crippen LogP contribution in [0.4, 0.5) is 0 Å². The third-order valence-corrected chi connectivity index (χ3v) is 5.83. The highest BCUT2D eigenvalue weighted by Gasteiger charge is 2.30. The molecule has 3 rings (SSSR count). The van der Waals surface area contributed by atoms with Gasteiger partial charge in [-0.05, 0) is 53.6 Å². The van der Waals surface area contributed by atoms with Gasteiger partial charge in [0, 0.05) is 32.3 Å². The van der Waals surface area contributed by atoms with Crippen LogP contribution in [-0.2, 0) is 17.8 Å². The maximum absolute atomic E-state index is 12.8. The van der Waals surface area contributed by atoms with Gasteiger partial charge in [0.25, 0.3) is 5.91 Å². The van der Waals surface area contributed by atoms with E-state index in [2.05, 4.69) is 53.3 Å². The smallest absolute Gasteiger partial charge is 0.273 e. The second-order valence-corrected chi connectivity index (χ2v) is 7.69. The van der Waals surface area contributed by atoms with Crippen molar-refractivity contribution in [3.8, 4) is 11.1 Å². The zero-order valence-corrected chi connectivity index (χ0v) is 18.6. The average molecular weight is 418 g/mol. The van der Waals surface area contributed by atoms with E-state index in [0.717, 1.165) is 29.5 Å². The number of rotatable bonds is 7. The number of aliphatic hydroxyl groups is 1. The number of nitrogens with zero attached hydrogens (tertiary/aromatic N) is 3. The van der Waals surface area contributed by atoms with Crippen LogP contribution < -0.4 is 0 Å². The number of benzene rings is 2. The van der Waals surface area contributed by atoms with Gasteiger partial charge in [0.05, 0.1) is 12.8 Å². The molecular weight excluding hydrogens is 386 g/mol. The highest BCUT2D eigenvalue weighted by atomic mass is 16.3. The molecule has 1 saturated heterocycles. The van der Waals surface area contributed by atoms with E-state index in [4.69, 9.17) is 0 Å². The molecule has 2 aromatic carbocycles. The van der Waals surface area contributed by atoms with Crippen molar-refractivity contribution in [3.63, 3.8) is 0 Å². The molecule has 162 valence electrons. The molecule has 0 radical (unpaired) electrons. The van der Waals surface area contributed by atoms with E-state index in [1.165, 1.54) is 17.3 Å². The van der Waals surface area contributed by atoms with Crippen molar-refractivity contribution < 1.29 is 9.90 Å².